The van der Waals surface area contributed by atoms with Gasteiger partial charge in [-0.2, -0.15) is 0 Å². The lowest BCUT2D eigenvalue weighted by atomic mass is 10.0. The number of rotatable bonds is 3. The van der Waals surface area contributed by atoms with E-state index in [0.717, 1.165) is 6.42 Å². The van der Waals surface area contributed by atoms with E-state index in [-0.39, 0.29) is 6.17 Å². The largest absolute Gasteiger partial charge is 0.316 e. The van der Waals surface area contributed by atoms with Gasteiger partial charge in [0.1, 0.15) is 0 Å². The first-order valence-electron chi connectivity index (χ1n) is 3.18. The third-order valence-corrected chi connectivity index (χ3v) is 1.37. The SMILES string of the molecule is CC[C@H](C)CC(N)N. The van der Waals surface area contributed by atoms with E-state index in [1.165, 1.54) is 6.42 Å². The van der Waals surface area contributed by atoms with E-state index in [2.05, 4.69) is 13.8 Å². The fraction of sp³-hybridized carbons (Fsp3) is 1.00. The standard InChI is InChI=1S/C6H16N2/c1-3-5(2)4-6(7)8/h5-6H,3-4,7-8H2,1-2H3/t5-/m0/s1. The Morgan fingerprint density at radius 2 is 1.88 bits per heavy atom. The molecular weight excluding hydrogens is 100 g/mol. The van der Waals surface area contributed by atoms with Crippen molar-refractivity contribution in [1.82, 2.24) is 0 Å². The Morgan fingerprint density at radius 3 is 2.00 bits per heavy atom. The van der Waals surface area contributed by atoms with Crippen molar-refractivity contribution in [2.75, 3.05) is 0 Å². The van der Waals surface area contributed by atoms with Gasteiger partial charge in [0.15, 0.2) is 0 Å². The van der Waals surface area contributed by atoms with Crippen molar-refractivity contribution in [2.24, 2.45) is 17.4 Å². The van der Waals surface area contributed by atoms with Gasteiger partial charge in [0.2, 0.25) is 0 Å². The van der Waals surface area contributed by atoms with Gasteiger partial charge >= 0.3 is 0 Å². The van der Waals surface area contributed by atoms with Crippen LogP contribution < -0.4 is 11.5 Å². The predicted molar refractivity (Wildman–Crippen MR) is 36.2 cm³/mol. The number of hydrogen-bond donors (Lipinski definition) is 2. The van der Waals surface area contributed by atoms with E-state index in [0.29, 0.717) is 5.92 Å². The predicted octanol–water partition coefficient (Wildman–Crippen LogP) is 0.666. The van der Waals surface area contributed by atoms with Crippen molar-refractivity contribution < 1.29 is 0 Å². The molecular formula is C6H16N2. The molecule has 0 rings (SSSR count). The van der Waals surface area contributed by atoms with Gasteiger partial charge in [-0.25, -0.2) is 0 Å². The lowest BCUT2D eigenvalue weighted by Crippen LogP contribution is -2.31. The summed E-state index contributed by atoms with van der Waals surface area (Å²) in [7, 11) is 0. The van der Waals surface area contributed by atoms with Gasteiger partial charge in [-0.05, 0) is 12.3 Å². The van der Waals surface area contributed by atoms with Gasteiger partial charge < -0.3 is 11.5 Å². The van der Waals surface area contributed by atoms with Gasteiger partial charge in [-0.1, -0.05) is 20.3 Å². The Balaban J connectivity index is 3.10. The smallest absolute Gasteiger partial charge is 0.0523 e. The summed E-state index contributed by atoms with van der Waals surface area (Å²) in [6.45, 7) is 4.31. The van der Waals surface area contributed by atoms with Gasteiger partial charge in [0, 0.05) is 0 Å². The minimum atomic E-state index is -0.120. The van der Waals surface area contributed by atoms with Crippen LogP contribution in [-0.2, 0) is 0 Å². The Bertz CT molecular complexity index is 52.5. The molecule has 0 aromatic rings. The normalized spacial score (nSPS) is 14.6. The highest BCUT2D eigenvalue weighted by molar-refractivity contribution is 4.56. The van der Waals surface area contributed by atoms with E-state index in [1.807, 2.05) is 0 Å². The minimum Gasteiger partial charge on any atom is -0.316 e. The zero-order valence-corrected chi connectivity index (χ0v) is 5.72. The molecule has 2 heteroatoms. The first-order chi connectivity index (χ1) is 3.66. The van der Waals surface area contributed by atoms with Crippen molar-refractivity contribution >= 4 is 0 Å². The average Bonchev–Trinajstić information content (AvgIpc) is 1.65. The van der Waals surface area contributed by atoms with E-state index in [1.54, 1.807) is 0 Å². The molecule has 0 fully saturated rings. The molecule has 8 heavy (non-hydrogen) atoms. The van der Waals surface area contributed by atoms with Crippen LogP contribution in [0, 0.1) is 5.92 Å². The highest BCUT2D eigenvalue weighted by Crippen LogP contribution is 2.05. The van der Waals surface area contributed by atoms with Gasteiger partial charge in [0.05, 0.1) is 6.17 Å². The molecule has 0 saturated heterocycles. The third-order valence-electron chi connectivity index (χ3n) is 1.37. The lowest BCUT2D eigenvalue weighted by Gasteiger charge is -2.09. The summed E-state index contributed by atoms with van der Waals surface area (Å²) in [5.41, 5.74) is 10.7. The van der Waals surface area contributed by atoms with Crippen LogP contribution in [0.3, 0.4) is 0 Å². The number of nitrogens with two attached hydrogens (primary N) is 2. The molecule has 0 saturated carbocycles. The summed E-state index contributed by atoms with van der Waals surface area (Å²) in [4.78, 5) is 0. The maximum absolute atomic E-state index is 5.35. The number of hydrogen-bond acceptors (Lipinski definition) is 2. The van der Waals surface area contributed by atoms with E-state index in [4.69, 9.17) is 11.5 Å². The molecule has 0 aromatic carbocycles. The molecule has 0 spiro atoms. The second-order valence-electron chi connectivity index (χ2n) is 2.41. The molecule has 0 bridgehead atoms. The molecule has 0 radical (unpaired) electrons. The molecule has 2 nitrogen and oxygen atoms in total. The second-order valence-corrected chi connectivity index (χ2v) is 2.41. The molecule has 1 atom stereocenters. The van der Waals surface area contributed by atoms with E-state index in [9.17, 15) is 0 Å². The van der Waals surface area contributed by atoms with Crippen molar-refractivity contribution in [3.63, 3.8) is 0 Å². The molecule has 4 N–H and O–H groups in total. The highest BCUT2D eigenvalue weighted by atomic mass is 14.8. The Hall–Kier alpha value is -0.0800. The fourth-order valence-electron chi connectivity index (χ4n) is 0.631. The van der Waals surface area contributed by atoms with Crippen LogP contribution in [0.2, 0.25) is 0 Å². The minimum absolute atomic E-state index is 0.120. The quantitative estimate of drug-likeness (QED) is 0.532. The van der Waals surface area contributed by atoms with Crippen molar-refractivity contribution in [3.05, 3.63) is 0 Å². The molecule has 0 amide bonds. The second kappa shape index (κ2) is 3.87. The van der Waals surface area contributed by atoms with Crippen molar-refractivity contribution in [2.45, 2.75) is 32.9 Å². The molecule has 50 valence electrons. The van der Waals surface area contributed by atoms with Crippen LogP contribution in [0.15, 0.2) is 0 Å². The van der Waals surface area contributed by atoms with Crippen LogP contribution in [0.25, 0.3) is 0 Å². The Morgan fingerprint density at radius 1 is 1.38 bits per heavy atom. The summed E-state index contributed by atoms with van der Waals surface area (Å²) in [6.07, 6.45) is 1.99. The molecule has 0 aliphatic rings. The van der Waals surface area contributed by atoms with Crippen molar-refractivity contribution in [1.29, 1.82) is 0 Å². The summed E-state index contributed by atoms with van der Waals surface area (Å²) in [5.74, 6) is 0.676. The summed E-state index contributed by atoms with van der Waals surface area (Å²) in [5, 5.41) is 0. The third kappa shape index (κ3) is 4.09. The van der Waals surface area contributed by atoms with Crippen LogP contribution >= 0.6 is 0 Å². The molecule has 0 aliphatic carbocycles. The van der Waals surface area contributed by atoms with Gasteiger partial charge in [-0.15, -0.1) is 0 Å². The average molecular weight is 116 g/mol. The highest BCUT2D eigenvalue weighted by Gasteiger charge is 2.00. The summed E-state index contributed by atoms with van der Waals surface area (Å²) < 4.78 is 0. The molecule has 0 heterocycles. The van der Waals surface area contributed by atoms with Gasteiger partial charge in [0.25, 0.3) is 0 Å². The molecule has 0 unspecified atom stereocenters. The topological polar surface area (TPSA) is 52.0 Å². The zero-order valence-electron chi connectivity index (χ0n) is 5.72. The van der Waals surface area contributed by atoms with Gasteiger partial charge in [-0.3, -0.25) is 0 Å². The maximum atomic E-state index is 5.35. The lowest BCUT2D eigenvalue weighted by molar-refractivity contribution is 0.459. The monoisotopic (exact) mass is 116 g/mol. The van der Waals surface area contributed by atoms with Crippen molar-refractivity contribution in [3.8, 4) is 0 Å². The summed E-state index contributed by atoms with van der Waals surface area (Å²) in [6, 6.07) is 0. The zero-order chi connectivity index (χ0) is 6.57. The maximum Gasteiger partial charge on any atom is 0.0523 e. The molecule has 0 aliphatic heterocycles. The van der Waals surface area contributed by atoms with Crippen LogP contribution in [-0.4, -0.2) is 6.17 Å². The Kier molecular flexibility index (Phi) is 3.83. The summed E-state index contributed by atoms with van der Waals surface area (Å²) >= 11 is 0. The first-order valence-corrected chi connectivity index (χ1v) is 3.18. The van der Waals surface area contributed by atoms with Crippen LogP contribution in [0.5, 0.6) is 0 Å². The van der Waals surface area contributed by atoms with Crippen LogP contribution in [0.1, 0.15) is 26.7 Å². The molecule has 0 aromatic heterocycles. The Labute approximate surface area is 51.2 Å². The fourth-order valence-corrected chi connectivity index (χ4v) is 0.631. The van der Waals surface area contributed by atoms with Crippen LogP contribution in [0.4, 0.5) is 0 Å². The van der Waals surface area contributed by atoms with E-state index < -0.39 is 0 Å². The van der Waals surface area contributed by atoms with E-state index >= 15 is 0 Å². The first kappa shape index (κ1) is 7.92.